The normalized spacial score (nSPS) is 12.7. The fraction of sp³-hybridized carbons (Fsp3) is 0.615. The van der Waals surface area contributed by atoms with Crippen molar-refractivity contribution in [3.8, 4) is 0 Å². The predicted molar refractivity (Wildman–Crippen MR) is 160 cm³/mol. The third-order valence-corrected chi connectivity index (χ3v) is 6.97. The maximum Gasteiger partial charge on any atom is 0.673 e. The molecular weight excluding hydrogens is 570 g/mol. The summed E-state index contributed by atoms with van der Waals surface area (Å²) in [5.74, 6) is 4.96. The van der Waals surface area contributed by atoms with Crippen LogP contribution in [0.1, 0.15) is 66.5 Å². The van der Waals surface area contributed by atoms with Crippen molar-refractivity contribution in [2.45, 2.75) is 55.4 Å². The molecule has 2 aromatic rings. The van der Waals surface area contributed by atoms with Crippen molar-refractivity contribution in [3.05, 3.63) is 23.3 Å². The highest BCUT2D eigenvalue weighted by atomic mass is 19.5. The molecule has 0 unspecified atom stereocenters. The van der Waals surface area contributed by atoms with E-state index in [-0.39, 0.29) is 0 Å². The van der Waals surface area contributed by atoms with Crippen molar-refractivity contribution in [1.29, 1.82) is 0 Å². The number of hydrogen-bond acceptors (Lipinski definition) is 2. The predicted octanol–water partition coefficient (Wildman–Crippen LogP) is 6.66. The molecule has 1 aliphatic heterocycles. The molecule has 2 heterocycles. The minimum atomic E-state index is -6.00. The Hall–Kier alpha value is -2.93. The molecule has 6 nitrogen and oxygen atoms in total. The van der Waals surface area contributed by atoms with Crippen molar-refractivity contribution in [3.63, 3.8) is 0 Å². The Balaban J connectivity index is 0.000000759. The smallest absolute Gasteiger partial charge is 0.418 e. The molecule has 0 aliphatic carbocycles. The zero-order valence-corrected chi connectivity index (χ0v) is 25.8. The highest BCUT2D eigenvalue weighted by Gasteiger charge is 2.36. The minimum absolute atomic E-state index is 0.989. The van der Waals surface area contributed by atoms with Crippen molar-refractivity contribution < 1.29 is 43.7 Å². The molecule has 16 heteroatoms. The van der Waals surface area contributed by atoms with Gasteiger partial charge >= 0.3 is 14.5 Å². The van der Waals surface area contributed by atoms with Gasteiger partial charge in [-0.1, -0.05) is 0 Å². The average Bonchev–Trinajstić information content (AvgIpc) is 3.43. The van der Waals surface area contributed by atoms with Gasteiger partial charge in [-0.3, -0.25) is 9.15 Å². The summed E-state index contributed by atoms with van der Waals surface area (Å²) in [6.07, 6.45) is 0. The zero-order valence-electron chi connectivity index (χ0n) is 25.8. The van der Waals surface area contributed by atoms with Gasteiger partial charge < -0.3 is 49.3 Å². The fourth-order valence-corrected chi connectivity index (χ4v) is 5.03. The first-order valence-corrected chi connectivity index (χ1v) is 14.5. The first-order chi connectivity index (χ1) is 19.5. The lowest BCUT2D eigenvalue weighted by atomic mass is 10.0. The summed E-state index contributed by atoms with van der Waals surface area (Å²) >= 11 is 0. The largest absolute Gasteiger partial charge is 0.673 e. The van der Waals surface area contributed by atoms with E-state index in [1.54, 1.807) is 0 Å². The van der Waals surface area contributed by atoms with Gasteiger partial charge in [-0.25, -0.2) is 5.32 Å². The van der Waals surface area contributed by atoms with E-state index in [0.717, 1.165) is 52.4 Å². The van der Waals surface area contributed by atoms with Crippen LogP contribution < -0.4 is 15.1 Å². The van der Waals surface area contributed by atoms with Gasteiger partial charge in [-0.2, -0.15) is 0 Å². The summed E-state index contributed by atoms with van der Waals surface area (Å²) in [5, 5.41) is 6.47. The molecule has 0 radical (unpaired) electrons. The van der Waals surface area contributed by atoms with E-state index in [2.05, 4.69) is 96.8 Å². The molecule has 240 valence electrons. The van der Waals surface area contributed by atoms with Crippen LogP contribution in [-0.2, 0) is 0 Å². The number of nitrogens with zero attached hydrogens (tertiary/aromatic N) is 4. The van der Waals surface area contributed by atoms with E-state index < -0.39 is 14.5 Å². The molecule has 2 N–H and O–H groups in total. The van der Waals surface area contributed by atoms with Crippen LogP contribution >= 0.6 is 0 Å². The van der Waals surface area contributed by atoms with E-state index in [4.69, 9.17) is 0 Å². The summed E-state index contributed by atoms with van der Waals surface area (Å²) in [7, 11) is -12.0. The highest BCUT2D eigenvalue weighted by Crippen LogP contribution is 2.38. The lowest BCUT2D eigenvalue weighted by molar-refractivity contribution is -0.526. The summed E-state index contributed by atoms with van der Waals surface area (Å²) < 4.78 is 82.9. The van der Waals surface area contributed by atoms with Gasteiger partial charge in [0.1, 0.15) is 11.6 Å². The van der Waals surface area contributed by atoms with Crippen LogP contribution in [0.4, 0.5) is 46.2 Å². The Labute approximate surface area is 243 Å². The van der Waals surface area contributed by atoms with Crippen molar-refractivity contribution in [2.24, 2.45) is 0 Å². The Bertz CT molecular complexity index is 1100. The standard InChI is InChI=1S/C26H42N6.2BF4/c1-9-29(10-2)23-19-17-21-22(18-20(19)24(27-23)30(11-3)12-4)26(32(15-7)16-8)28-25(21)31(13-5)14-6;2*2-1(3,4)5/h17-18H,9-16H2,1-8H3;;/q;2*-1/p+2. The van der Waals surface area contributed by atoms with Gasteiger partial charge in [0.05, 0.1) is 37.3 Å². The zero-order chi connectivity index (χ0) is 32.4. The van der Waals surface area contributed by atoms with Gasteiger partial charge in [-0.05, 0) is 67.5 Å². The number of H-pyrrole nitrogens is 1. The van der Waals surface area contributed by atoms with Crippen molar-refractivity contribution in [1.82, 2.24) is 10.3 Å². The van der Waals surface area contributed by atoms with Crippen LogP contribution in [0.15, 0.2) is 12.1 Å². The minimum Gasteiger partial charge on any atom is -0.418 e. The number of benzene rings is 1. The van der Waals surface area contributed by atoms with Crippen molar-refractivity contribution in [2.75, 3.05) is 62.2 Å². The van der Waals surface area contributed by atoms with Crippen molar-refractivity contribution >= 4 is 48.6 Å². The number of amidine groups is 2. The first-order valence-electron chi connectivity index (χ1n) is 14.5. The fourth-order valence-electron chi connectivity index (χ4n) is 5.03. The number of fused-ring (bicyclic) bond motifs is 2. The van der Waals surface area contributed by atoms with E-state index >= 15 is 0 Å². The summed E-state index contributed by atoms with van der Waals surface area (Å²) in [5.41, 5.74) is 2.64. The van der Waals surface area contributed by atoms with Crippen LogP contribution in [0.25, 0.3) is 10.8 Å². The Kier molecular flexibility index (Phi) is 14.2. The van der Waals surface area contributed by atoms with Crippen LogP contribution in [0.3, 0.4) is 0 Å². The molecule has 42 heavy (non-hydrogen) atoms. The quantitative estimate of drug-likeness (QED) is 0.179. The molecule has 0 atom stereocenters. The summed E-state index contributed by atoms with van der Waals surface area (Å²) in [6, 6.07) is 4.86. The number of hydrogen-bond donors (Lipinski definition) is 2. The second-order valence-corrected chi connectivity index (χ2v) is 9.27. The van der Waals surface area contributed by atoms with Crippen LogP contribution in [0.2, 0.25) is 0 Å². The number of aromatic amines is 1. The Morgan fingerprint density at radius 1 is 0.548 bits per heavy atom. The molecule has 1 aromatic heterocycles. The second kappa shape index (κ2) is 16.1. The van der Waals surface area contributed by atoms with E-state index in [9.17, 15) is 34.5 Å². The van der Waals surface area contributed by atoms with Crippen LogP contribution in [-0.4, -0.2) is 92.7 Å². The Morgan fingerprint density at radius 2 is 0.810 bits per heavy atom. The molecule has 1 aromatic carbocycles. The molecule has 0 amide bonds. The maximum atomic E-state index is 9.75. The molecule has 0 fully saturated rings. The lowest BCUT2D eigenvalue weighted by Crippen LogP contribution is -2.37. The highest BCUT2D eigenvalue weighted by molar-refractivity contribution is 6.50. The summed E-state index contributed by atoms with van der Waals surface area (Å²) in [4.78, 5) is 8.71. The van der Waals surface area contributed by atoms with E-state index in [1.807, 2.05) is 0 Å². The first kappa shape index (κ1) is 37.1. The third kappa shape index (κ3) is 10.1. The van der Waals surface area contributed by atoms with E-state index in [0.29, 0.717) is 0 Å². The molecular formula is C26H44B2F8N6. The topological polar surface area (TPSA) is 40.3 Å². The molecule has 1 aliphatic rings. The number of halogens is 8. The number of nitrogens with one attached hydrogen (secondary N) is 2. The molecule has 0 saturated carbocycles. The SMILES string of the molecule is CCN(CC)c1[nH]c(N(CC)CC)c2cc3c(cc12)C(=[N+](CC)CC)NC3=[N+](CC)CC.F[B-](F)(F)F.F[B-](F)(F)F. The number of aromatic nitrogens is 1. The van der Waals surface area contributed by atoms with Crippen LogP contribution in [0, 0.1) is 0 Å². The van der Waals surface area contributed by atoms with Gasteiger partial charge in [-0.15, -0.1) is 0 Å². The van der Waals surface area contributed by atoms with Gasteiger partial charge in [0.15, 0.2) is 0 Å². The van der Waals surface area contributed by atoms with E-state index in [1.165, 1.54) is 45.2 Å². The monoisotopic (exact) mass is 614 g/mol. The molecule has 0 bridgehead atoms. The van der Waals surface area contributed by atoms with Gasteiger partial charge in [0.25, 0.3) is 11.7 Å². The van der Waals surface area contributed by atoms with Crippen LogP contribution in [0.5, 0.6) is 0 Å². The average molecular weight is 614 g/mol. The lowest BCUT2D eigenvalue weighted by Gasteiger charge is -2.21. The third-order valence-electron chi connectivity index (χ3n) is 6.97. The van der Waals surface area contributed by atoms with Gasteiger partial charge in [0.2, 0.25) is 0 Å². The summed E-state index contributed by atoms with van der Waals surface area (Å²) in [6.45, 7) is 25.8. The maximum absolute atomic E-state index is 9.75. The number of anilines is 2. The van der Waals surface area contributed by atoms with Gasteiger partial charge in [0, 0.05) is 37.0 Å². The molecule has 0 saturated heterocycles. The number of rotatable bonds is 10. The molecule has 0 spiro atoms. The molecule has 3 rings (SSSR count). The second-order valence-electron chi connectivity index (χ2n) is 9.27. The Morgan fingerprint density at radius 3 is 1.02 bits per heavy atom.